The number of aliphatic carboxylic acids is 1. The molecule has 0 aliphatic heterocycles. The van der Waals surface area contributed by atoms with Gasteiger partial charge in [-0.05, 0) is 32.1 Å². The van der Waals surface area contributed by atoms with Gasteiger partial charge in [0, 0.05) is 12.8 Å². The van der Waals surface area contributed by atoms with Crippen LogP contribution in [0.1, 0.15) is 213 Å². The predicted molar refractivity (Wildman–Crippen MR) is 172 cm³/mol. The zero-order valence-electron chi connectivity index (χ0n) is 27.2. The summed E-state index contributed by atoms with van der Waals surface area (Å²) in [5, 5.41) is 8.67. The SMILES string of the molecule is CCCCCCCCCCCCCCCCCCCCCC(=O)OC(CCC)CCCCCCCCCC(=O)O. The van der Waals surface area contributed by atoms with Gasteiger partial charge < -0.3 is 9.84 Å². The summed E-state index contributed by atoms with van der Waals surface area (Å²) in [6.45, 7) is 4.45. The van der Waals surface area contributed by atoms with Gasteiger partial charge >= 0.3 is 11.9 Å². The van der Waals surface area contributed by atoms with Crippen LogP contribution >= 0.6 is 0 Å². The summed E-state index contributed by atoms with van der Waals surface area (Å²) in [5.74, 6) is -0.684. The summed E-state index contributed by atoms with van der Waals surface area (Å²) in [7, 11) is 0. The number of hydrogen-bond acceptors (Lipinski definition) is 3. The number of ether oxygens (including phenoxy) is 1. The van der Waals surface area contributed by atoms with E-state index in [9.17, 15) is 9.59 Å². The maximum atomic E-state index is 12.3. The number of carboxylic acids is 1. The molecule has 1 unspecified atom stereocenters. The van der Waals surface area contributed by atoms with Crippen molar-refractivity contribution >= 4 is 11.9 Å². The first-order valence-corrected chi connectivity index (χ1v) is 18.0. The lowest BCUT2D eigenvalue weighted by atomic mass is 10.0. The highest BCUT2D eigenvalue weighted by molar-refractivity contribution is 5.69. The van der Waals surface area contributed by atoms with Crippen LogP contribution in [-0.2, 0) is 14.3 Å². The molecule has 0 spiro atoms. The third-order valence-electron chi connectivity index (χ3n) is 8.31. The largest absolute Gasteiger partial charge is 0.481 e. The van der Waals surface area contributed by atoms with Gasteiger partial charge in [0.15, 0.2) is 0 Å². The normalized spacial score (nSPS) is 12.1. The molecule has 0 saturated carbocycles. The summed E-state index contributed by atoms with van der Waals surface area (Å²) < 4.78 is 5.82. The first-order valence-electron chi connectivity index (χ1n) is 18.0. The molecule has 1 atom stereocenters. The monoisotopic (exact) mass is 567 g/mol. The van der Waals surface area contributed by atoms with Crippen molar-refractivity contribution in [3.8, 4) is 0 Å². The minimum atomic E-state index is -0.688. The molecule has 0 saturated heterocycles. The Bertz CT molecular complexity index is 533. The van der Waals surface area contributed by atoms with Crippen LogP contribution in [0.15, 0.2) is 0 Å². The third kappa shape index (κ3) is 31.5. The Balaban J connectivity index is 3.46. The van der Waals surface area contributed by atoms with Crippen molar-refractivity contribution in [2.24, 2.45) is 0 Å². The quantitative estimate of drug-likeness (QED) is 0.0633. The van der Waals surface area contributed by atoms with Gasteiger partial charge in [-0.1, -0.05) is 168 Å². The molecule has 1 N–H and O–H groups in total. The molecule has 0 aliphatic rings. The van der Waals surface area contributed by atoms with E-state index in [1.165, 1.54) is 128 Å². The Hall–Kier alpha value is -1.06. The highest BCUT2D eigenvalue weighted by atomic mass is 16.5. The Morgan fingerprint density at radius 1 is 0.450 bits per heavy atom. The first kappa shape index (κ1) is 38.9. The fourth-order valence-corrected chi connectivity index (χ4v) is 5.71. The fraction of sp³-hybridized carbons (Fsp3) is 0.944. The van der Waals surface area contributed by atoms with Crippen LogP contribution in [0.5, 0.6) is 0 Å². The molecule has 0 rings (SSSR count). The van der Waals surface area contributed by atoms with Crippen molar-refractivity contribution in [2.45, 2.75) is 219 Å². The Labute approximate surface area is 250 Å². The molecule has 0 aliphatic carbocycles. The van der Waals surface area contributed by atoms with Gasteiger partial charge in [0.25, 0.3) is 0 Å². The second kappa shape index (κ2) is 32.5. The predicted octanol–water partition coefficient (Wildman–Crippen LogP) is 12.1. The Kier molecular flexibility index (Phi) is 31.6. The molecule has 4 heteroatoms. The molecule has 0 amide bonds. The number of hydrogen-bond donors (Lipinski definition) is 1. The van der Waals surface area contributed by atoms with Gasteiger partial charge in [0.2, 0.25) is 0 Å². The highest BCUT2D eigenvalue weighted by Gasteiger charge is 2.13. The summed E-state index contributed by atoms with van der Waals surface area (Å²) in [4.78, 5) is 22.9. The highest BCUT2D eigenvalue weighted by Crippen LogP contribution is 2.17. The minimum absolute atomic E-state index is 0.00357. The maximum Gasteiger partial charge on any atom is 0.306 e. The van der Waals surface area contributed by atoms with Gasteiger partial charge in [-0.3, -0.25) is 9.59 Å². The molecule has 0 aromatic carbocycles. The minimum Gasteiger partial charge on any atom is -0.481 e. The molecule has 4 nitrogen and oxygen atoms in total. The molecule has 0 radical (unpaired) electrons. The van der Waals surface area contributed by atoms with Gasteiger partial charge in [0.05, 0.1) is 0 Å². The van der Waals surface area contributed by atoms with Gasteiger partial charge in [-0.2, -0.15) is 0 Å². The van der Waals surface area contributed by atoms with E-state index in [1.807, 2.05) is 0 Å². The van der Waals surface area contributed by atoms with Crippen molar-refractivity contribution in [3.63, 3.8) is 0 Å². The second-order valence-electron chi connectivity index (χ2n) is 12.4. The van der Waals surface area contributed by atoms with Crippen LogP contribution in [0, 0.1) is 0 Å². The lowest BCUT2D eigenvalue weighted by molar-refractivity contribution is -0.150. The van der Waals surface area contributed by atoms with E-state index in [-0.39, 0.29) is 12.1 Å². The Morgan fingerprint density at radius 3 is 1.18 bits per heavy atom. The molecule has 0 aromatic heterocycles. The molecule has 40 heavy (non-hydrogen) atoms. The number of carbonyl (C=O) groups is 2. The third-order valence-corrected chi connectivity index (χ3v) is 8.31. The summed E-state index contributed by atoms with van der Waals surface area (Å²) >= 11 is 0. The number of carboxylic acid groups (broad SMARTS) is 1. The summed E-state index contributed by atoms with van der Waals surface area (Å²) in [5.41, 5.74) is 0. The molecule has 0 bridgehead atoms. The molecular formula is C36H70O4. The average Bonchev–Trinajstić information content (AvgIpc) is 2.93. The molecule has 238 valence electrons. The lowest BCUT2D eigenvalue weighted by Crippen LogP contribution is -2.18. The zero-order valence-corrected chi connectivity index (χ0v) is 27.2. The number of carbonyl (C=O) groups excluding carboxylic acids is 1. The smallest absolute Gasteiger partial charge is 0.306 e. The van der Waals surface area contributed by atoms with Crippen LogP contribution in [0.4, 0.5) is 0 Å². The molecule has 0 aromatic rings. The van der Waals surface area contributed by atoms with E-state index in [0.29, 0.717) is 12.8 Å². The van der Waals surface area contributed by atoms with Crippen molar-refractivity contribution in [3.05, 3.63) is 0 Å². The number of esters is 1. The van der Waals surface area contributed by atoms with Gasteiger partial charge in [0.1, 0.15) is 6.10 Å². The van der Waals surface area contributed by atoms with Gasteiger partial charge in [-0.25, -0.2) is 0 Å². The number of unbranched alkanes of at least 4 members (excludes halogenated alkanes) is 24. The first-order chi connectivity index (χ1) is 19.6. The topological polar surface area (TPSA) is 63.6 Å². The van der Waals surface area contributed by atoms with E-state index in [2.05, 4.69) is 13.8 Å². The maximum absolute atomic E-state index is 12.3. The van der Waals surface area contributed by atoms with Crippen LogP contribution < -0.4 is 0 Å². The lowest BCUT2D eigenvalue weighted by Gasteiger charge is -2.17. The Morgan fingerprint density at radius 2 is 0.800 bits per heavy atom. The van der Waals surface area contributed by atoms with E-state index in [1.54, 1.807) is 0 Å². The van der Waals surface area contributed by atoms with E-state index in [0.717, 1.165) is 57.8 Å². The van der Waals surface area contributed by atoms with Crippen molar-refractivity contribution < 1.29 is 19.4 Å². The van der Waals surface area contributed by atoms with E-state index >= 15 is 0 Å². The molecule has 0 fully saturated rings. The fourth-order valence-electron chi connectivity index (χ4n) is 5.71. The standard InChI is InChI=1S/C36H70O4/c1-3-5-6-7-8-9-10-11-12-13-14-15-16-17-18-19-23-26-29-33-36(39)40-34(30-4-2)31-27-24-21-20-22-25-28-32-35(37)38/h34H,3-33H2,1-2H3,(H,37,38). The van der Waals surface area contributed by atoms with Crippen LogP contribution in [0.2, 0.25) is 0 Å². The van der Waals surface area contributed by atoms with Gasteiger partial charge in [-0.15, -0.1) is 0 Å². The van der Waals surface area contributed by atoms with E-state index < -0.39 is 5.97 Å². The van der Waals surface area contributed by atoms with Crippen molar-refractivity contribution in [1.82, 2.24) is 0 Å². The van der Waals surface area contributed by atoms with Crippen LogP contribution in [0.3, 0.4) is 0 Å². The average molecular weight is 567 g/mol. The van der Waals surface area contributed by atoms with Crippen molar-refractivity contribution in [1.29, 1.82) is 0 Å². The van der Waals surface area contributed by atoms with Crippen LogP contribution in [-0.4, -0.2) is 23.1 Å². The number of rotatable bonds is 33. The molecule has 0 heterocycles. The summed E-state index contributed by atoms with van der Waals surface area (Å²) in [6.07, 6.45) is 37.5. The van der Waals surface area contributed by atoms with Crippen LogP contribution in [0.25, 0.3) is 0 Å². The second-order valence-corrected chi connectivity index (χ2v) is 12.4. The van der Waals surface area contributed by atoms with E-state index in [4.69, 9.17) is 9.84 Å². The summed E-state index contributed by atoms with van der Waals surface area (Å²) in [6, 6.07) is 0. The zero-order chi connectivity index (χ0) is 29.4. The van der Waals surface area contributed by atoms with Crippen molar-refractivity contribution in [2.75, 3.05) is 0 Å². The molecular weight excluding hydrogens is 496 g/mol.